The monoisotopic (exact) mass is 228 g/mol. The molecule has 1 aromatic carbocycles. The van der Waals surface area contributed by atoms with Crippen molar-refractivity contribution < 1.29 is 4.39 Å². The van der Waals surface area contributed by atoms with Gasteiger partial charge in [0.05, 0.1) is 0 Å². The third-order valence-corrected chi connectivity index (χ3v) is 3.03. The molecule has 0 aromatic heterocycles. The van der Waals surface area contributed by atoms with Crippen LogP contribution in [0.5, 0.6) is 0 Å². The minimum atomic E-state index is -0.215. The predicted molar refractivity (Wildman–Crippen MR) is 65.5 cm³/mol. The molecule has 2 nitrogen and oxygen atoms in total. The van der Waals surface area contributed by atoms with Gasteiger partial charge < -0.3 is 10.6 Å². The van der Waals surface area contributed by atoms with Gasteiger partial charge in [-0.15, -0.1) is 0 Å². The summed E-state index contributed by atoms with van der Waals surface area (Å²) in [4.78, 5) is 2.13. The molecular formula is C11H17FN2S. The van der Waals surface area contributed by atoms with E-state index in [1.807, 2.05) is 14.1 Å². The zero-order valence-electron chi connectivity index (χ0n) is 9.16. The Morgan fingerprint density at radius 3 is 2.80 bits per heavy atom. The van der Waals surface area contributed by atoms with Gasteiger partial charge in [0, 0.05) is 23.7 Å². The summed E-state index contributed by atoms with van der Waals surface area (Å²) in [6.07, 6.45) is 0. The number of anilines is 1. The quantitative estimate of drug-likeness (QED) is 0.619. The second-order valence-corrected chi connectivity index (χ2v) is 4.80. The number of hydrogen-bond acceptors (Lipinski definition) is 3. The minimum absolute atomic E-state index is 0.215. The molecular weight excluding hydrogens is 211 g/mol. The van der Waals surface area contributed by atoms with E-state index in [1.165, 1.54) is 12.1 Å². The molecule has 0 amide bonds. The lowest BCUT2D eigenvalue weighted by Gasteiger charge is -2.09. The molecule has 0 atom stereocenters. The fourth-order valence-electron chi connectivity index (χ4n) is 1.13. The van der Waals surface area contributed by atoms with Crippen LogP contribution in [0.15, 0.2) is 18.2 Å². The standard InChI is InChI=1S/C11H17FN2S/c1-14(2)5-6-15-8-9-7-10(12)3-4-11(9)13/h3-4,7H,5-6,8,13H2,1-2H3. The Kier molecular flexibility index (Phi) is 4.91. The van der Waals surface area contributed by atoms with Gasteiger partial charge in [-0.25, -0.2) is 4.39 Å². The van der Waals surface area contributed by atoms with Gasteiger partial charge in [0.2, 0.25) is 0 Å². The average molecular weight is 228 g/mol. The topological polar surface area (TPSA) is 29.3 Å². The van der Waals surface area contributed by atoms with E-state index in [0.29, 0.717) is 5.69 Å². The van der Waals surface area contributed by atoms with Crippen molar-refractivity contribution in [2.24, 2.45) is 0 Å². The first kappa shape index (κ1) is 12.3. The summed E-state index contributed by atoms with van der Waals surface area (Å²) in [5.74, 6) is 1.59. The molecule has 0 fully saturated rings. The highest BCUT2D eigenvalue weighted by molar-refractivity contribution is 7.98. The molecule has 0 aliphatic heterocycles. The number of hydrogen-bond donors (Lipinski definition) is 1. The van der Waals surface area contributed by atoms with Crippen molar-refractivity contribution in [2.45, 2.75) is 5.75 Å². The maximum Gasteiger partial charge on any atom is 0.123 e. The molecule has 15 heavy (non-hydrogen) atoms. The van der Waals surface area contributed by atoms with Crippen LogP contribution < -0.4 is 5.73 Å². The number of rotatable bonds is 5. The molecule has 0 saturated carbocycles. The molecule has 0 aliphatic rings. The number of nitrogens with zero attached hydrogens (tertiary/aromatic N) is 1. The molecule has 0 unspecified atom stereocenters. The third kappa shape index (κ3) is 4.53. The first-order valence-electron chi connectivity index (χ1n) is 4.86. The van der Waals surface area contributed by atoms with Crippen LogP contribution in [0.25, 0.3) is 0 Å². The van der Waals surface area contributed by atoms with Crippen LogP contribution in [-0.2, 0) is 5.75 Å². The average Bonchev–Trinajstić information content (AvgIpc) is 2.17. The molecule has 0 spiro atoms. The molecule has 1 aromatic rings. The van der Waals surface area contributed by atoms with Gasteiger partial charge in [-0.05, 0) is 37.9 Å². The van der Waals surface area contributed by atoms with Crippen molar-refractivity contribution in [3.63, 3.8) is 0 Å². The van der Waals surface area contributed by atoms with E-state index in [0.717, 1.165) is 23.6 Å². The maximum absolute atomic E-state index is 12.9. The Balaban J connectivity index is 2.40. The van der Waals surface area contributed by atoms with Crippen molar-refractivity contribution >= 4 is 17.4 Å². The normalized spacial score (nSPS) is 10.9. The van der Waals surface area contributed by atoms with Gasteiger partial charge >= 0.3 is 0 Å². The maximum atomic E-state index is 12.9. The Morgan fingerprint density at radius 2 is 2.13 bits per heavy atom. The van der Waals surface area contributed by atoms with Gasteiger partial charge in [-0.1, -0.05) is 0 Å². The number of halogens is 1. The highest BCUT2D eigenvalue weighted by atomic mass is 32.2. The highest BCUT2D eigenvalue weighted by Gasteiger charge is 2.01. The first-order chi connectivity index (χ1) is 7.09. The summed E-state index contributed by atoms with van der Waals surface area (Å²) in [5, 5.41) is 0. The first-order valence-corrected chi connectivity index (χ1v) is 6.01. The van der Waals surface area contributed by atoms with Crippen LogP contribution in [0.2, 0.25) is 0 Å². The smallest absolute Gasteiger partial charge is 0.123 e. The van der Waals surface area contributed by atoms with E-state index in [1.54, 1.807) is 17.8 Å². The highest BCUT2D eigenvalue weighted by Crippen LogP contribution is 2.19. The lowest BCUT2D eigenvalue weighted by molar-refractivity contribution is 0.437. The van der Waals surface area contributed by atoms with E-state index < -0.39 is 0 Å². The van der Waals surface area contributed by atoms with Gasteiger partial charge in [0.15, 0.2) is 0 Å². The van der Waals surface area contributed by atoms with Crippen LogP contribution in [-0.4, -0.2) is 31.3 Å². The van der Waals surface area contributed by atoms with Crippen LogP contribution in [0.3, 0.4) is 0 Å². The zero-order chi connectivity index (χ0) is 11.3. The SMILES string of the molecule is CN(C)CCSCc1cc(F)ccc1N. The Labute approximate surface area is 94.6 Å². The van der Waals surface area contributed by atoms with E-state index in [-0.39, 0.29) is 5.82 Å². The van der Waals surface area contributed by atoms with Crippen LogP contribution >= 0.6 is 11.8 Å². The van der Waals surface area contributed by atoms with Crippen molar-refractivity contribution in [3.05, 3.63) is 29.6 Å². The van der Waals surface area contributed by atoms with Crippen molar-refractivity contribution in [1.29, 1.82) is 0 Å². The van der Waals surface area contributed by atoms with Crippen molar-refractivity contribution in [1.82, 2.24) is 4.90 Å². The summed E-state index contributed by atoms with van der Waals surface area (Å²) in [5.41, 5.74) is 7.30. The molecule has 0 radical (unpaired) electrons. The molecule has 0 saturated heterocycles. The van der Waals surface area contributed by atoms with Crippen LogP contribution in [0.4, 0.5) is 10.1 Å². The third-order valence-electron chi connectivity index (χ3n) is 2.05. The number of nitrogens with two attached hydrogens (primary N) is 1. The van der Waals surface area contributed by atoms with Crippen molar-refractivity contribution in [3.8, 4) is 0 Å². The Hall–Kier alpha value is -0.740. The molecule has 0 bridgehead atoms. The van der Waals surface area contributed by atoms with Gasteiger partial charge in [0.1, 0.15) is 5.82 Å². The summed E-state index contributed by atoms with van der Waals surface area (Å²) < 4.78 is 12.9. The zero-order valence-corrected chi connectivity index (χ0v) is 9.98. The molecule has 0 aliphatic carbocycles. The number of benzene rings is 1. The summed E-state index contributed by atoms with van der Waals surface area (Å²) >= 11 is 1.77. The van der Waals surface area contributed by atoms with Crippen LogP contribution in [0.1, 0.15) is 5.56 Å². The van der Waals surface area contributed by atoms with Gasteiger partial charge in [-0.3, -0.25) is 0 Å². The fourth-order valence-corrected chi connectivity index (χ4v) is 2.24. The van der Waals surface area contributed by atoms with Gasteiger partial charge in [-0.2, -0.15) is 11.8 Å². The summed E-state index contributed by atoms with van der Waals surface area (Å²) in [7, 11) is 4.08. The lowest BCUT2D eigenvalue weighted by atomic mass is 10.2. The number of thioether (sulfide) groups is 1. The van der Waals surface area contributed by atoms with E-state index in [4.69, 9.17) is 5.73 Å². The summed E-state index contributed by atoms with van der Waals surface area (Å²) in [6, 6.07) is 4.53. The molecule has 4 heteroatoms. The largest absolute Gasteiger partial charge is 0.398 e. The van der Waals surface area contributed by atoms with Crippen LogP contribution in [0, 0.1) is 5.82 Å². The number of nitrogen functional groups attached to an aromatic ring is 1. The Morgan fingerprint density at radius 1 is 1.40 bits per heavy atom. The lowest BCUT2D eigenvalue weighted by Crippen LogP contribution is -2.14. The Bertz CT molecular complexity index is 315. The second-order valence-electron chi connectivity index (χ2n) is 3.70. The van der Waals surface area contributed by atoms with E-state index >= 15 is 0 Å². The van der Waals surface area contributed by atoms with E-state index in [2.05, 4.69) is 4.90 Å². The molecule has 1 rings (SSSR count). The summed E-state index contributed by atoms with van der Waals surface area (Å²) in [6.45, 7) is 1.03. The minimum Gasteiger partial charge on any atom is -0.398 e. The van der Waals surface area contributed by atoms with Crippen molar-refractivity contribution in [2.75, 3.05) is 32.1 Å². The fraction of sp³-hybridized carbons (Fsp3) is 0.455. The molecule has 0 heterocycles. The predicted octanol–water partition coefficient (Wildman–Crippen LogP) is 2.20. The van der Waals surface area contributed by atoms with E-state index in [9.17, 15) is 4.39 Å². The molecule has 84 valence electrons. The van der Waals surface area contributed by atoms with Gasteiger partial charge in [0.25, 0.3) is 0 Å². The second kappa shape index (κ2) is 5.98. The molecule has 2 N–H and O–H groups in total.